The minimum Gasteiger partial charge on any atom is -0.490 e. The summed E-state index contributed by atoms with van der Waals surface area (Å²) in [5.74, 6) is 0.794. The van der Waals surface area contributed by atoms with Gasteiger partial charge in [0.05, 0.1) is 6.20 Å². The zero-order valence-corrected chi connectivity index (χ0v) is 11.3. The lowest BCUT2D eigenvalue weighted by Gasteiger charge is -2.13. The van der Waals surface area contributed by atoms with Crippen LogP contribution < -0.4 is 10.5 Å². The molecular weight excluding hydrogens is 236 g/mol. The highest BCUT2D eigenvalue weighted by molar-refractivity contribution is 5.23. The van der Waals surface area contributed by atoms with Crippen molar-refractivity contribution >= 4 is 0 Å². The van der Waals surface area contributed by atoms with Crippen LogP contribution in [-0.2, 0) is 12.8 Å². The fourth-order valence-corrected chi connectivity index (χ4v) is 1.92. The molecule has 1 aromatic carbocycles. The SMILES string of the molecule is CCc1cncc(OCC(N)Cc2ccccc2)c1. The molecule has 0 aliphatic rings. The number of aryl methyl sites for hydroxylation is 1. The number of hydrogen-bond donors (Lipinski definition) is 1. The molecule has 2 rings (SSSR count). The first-order chi connectivity index (χ1) is 9.28. The van der Waals surface area contributed by atoms with Crippen LogP contribution in [0.3, 0.4) is 0 Å². The third kappa shape index (κ3) is 4.38. The van der Waals surface area contributed by atoms with Crippen molar-refractivity contribution in [3.05, 3.63) is 59.9 Å². The maximum atomic E-state index is 6.08. The number of aromatic nitrogens is 1. The molecule has 100 valence electrons. The van der Waals surface area contributed by atoms with Gasteiger partial charge in [-0.15, -0.1) is 0 Å². The lowest BCUT2D eigenvalue weighted by Crippen LogP contribution is -2.30. The van der Waals surface area contributed by atoms with Gasteiger partial charge >= 0.3 is 0 Å². The first-order valence-corrected chi connectivity index (χ1v) is 6.64. The van der Waals surface area contributed by atoms with Crippen LogP contribution in [0.25, 0.3) is 0 Å². The quantitative estimate of drug-likeness (QED) is 0.864. The number of pyridine rings is 1. The van der Waals surface area contributed by atoms with Crippen LogP contribution in [0.15, 0.2) is 48.8 Å². The second-order valence-corrected chi connectivity index (χ2v) is 4.64. The van der Waals surface area contributed by atoms with Crippen molar-refractivity contribution in [2.45, 2.75) is 25.8 Å². The van der Waals surface area contributed by atoms with Crippen molar-refractivity contribution in [3.63, 3.8) is 0 Å². The molecule has 2 aromatic rings. The summed E-state index contributed by atoms with van der Waals surface area (Å²) in [6.07, 6.45) is 5.37. The van der Waals surface area contributed by atoms with Gasteiger partial charge in [-0.25, -0.2) is 0 Å². The number of nitrogens with two attached hydrogens (primary N) is 1. The Morgan fingerprint density at radius 2 is 1.95 bits per heavy atom. The predicted molar refractivity (Wildman–Crippen MR) is 77.2 cm³/mol. The number of benzene rings is 1. The van der Waals surface area contributed by atoms with Gasteiger partial charge in [0.15, 0.2) is 0 Å². The van der Waals surface area contributed by atoms with Crippen LogP contribution in [0, 0.1) is 0 Å². The zero-order chi connectivity index (χ0) is 13.5. The van der Waals surface area contributed by atoms with E-state index < -0.39 is 0 Å². The van der Waals surface area contributed by atoms with E-state index in [1.807, 2.05) is 30.5 Å². The highest BCUT2D eigenvalue weighted by atomic mass is 16.5. The Kier molecular flexibility index (Phi) is 4.93. The third-order valence-corrected chi connectivity index (χ3v) is 2.98. The first kappa shape index (κ1) is 13.6. The summed E-state index contributed by atoms with van der Waals surface area (Å²) in [6.45, 7) is 2.60. The molecule has 0 saturated heterocycles. The number of ether oxygens (including phenoxy) is 1. The third-order valence-electron chi connectivity index (χ3n) is 2.98. The van der Waals surface area contributed by atoms with E-state index in [0.29, 0.717) is 6.61 Å². The Balaban J connectivity index is 1.84. The topological polar surface area (TPSA) is 48.1 Å². The fourth-order valence-electron chi connectivity index (χ4n) is 1.92. The van der Waals surface area contributed by atoms with Crippen LogP contribution in [0.4, 0.5) is 0 Å². The van der Waals surface area contributed by atoms with E-state index in [0.717, 1.165) is 18.6 Å². The monoisotopic (exact) mass is 256 g/mol. The average molecular weight is 256 g/mol. The van der Waals surface area contributed by atoms with Crippen LogP contribution >= 0.6 is 0 Å². The Labute approximate surface area is 114 Å². The molecule has 3 heteroatoms. The standard InChI is InChI=1S/C16H20N2O/c1-2-13-9-16(11-18-10-13)19-12-15(17)8-14-6-4-3-5-7-14/h3-7,9-11,15H,2,8,12,17H2,1H3. The Bertz CT molecular complexity index is 499. The van der Waals surface area contributed by atoms with Crippen molar-refractivity contribution in [1.82, 2.24) is 4.98 Å². The van der Waals surface area contributed by atoms with Gasteiger partial charge in [0.25, 0.3) is 0 Å². The molecule has 1 unspecified atom stereocenters. The fraction of sp³-hybridized carbons (Fsp3) is 0.312. The Morgan fingerprint density at radius 1 is 1.16 bits per heavy atom. The summed E-state index contributed by atoms with van der Waals surface area (Å²) in [5, 5.41) is 0. The second-order valence-electron chi connectivity index (χ2n) is 4.64. The average Bonchev–Trinajstić information content (AvgIpc) is 2.46. The van der Waals surface area contributed by atoms with Crippen LogP contribution in [0.1, 0.15) is 18.1 Å². The second kappa shape index (κ2) is 6.90. The normalized spacial score (nSPS) is 12.1. The molecule has 0 spiro atoms. The lowest BCUT2D eigenvalue weighted by molar-refractivity contribution is 0.286. The minimum atomic E-state index is -0.00678. The highest BCUT2D eigenvalue weighted by Gasteiger charge is 2.05. The summed E-state index contributed by atoms with van der Waals surface area (Å²) < 4.78 is 5.69. The van der Waals surface area contributed by atoms with Gasteiger partial charge in [-0.05, 0) is 30.0 Å². The van der Waals surface area contributed by atoms with Crippen molar-refractivity contribution in [1.29, 1.82) is 0 Å². The number of nitrogens with zero attached hydrogens (tertiary/aromatic N) is 1. The molecule has 0 fully saturated rings. The molecular formula is C16H20N2O. The first-order valence-electron chi connectivity index (χ1n) is 6.64. The van der Waals surface area contributed by atoms with Crippen molar-refractivity contribution in [3.8, 4) is 5.75 Å². The largest absolute Gasteiger partial charge is 0.490 e. The van der Waals surface area contributed by atoms with E-state index >= 15 is 0 Å². The van der Waals surface area contributed by atoms with Gasteiger partial charge in [-0.1, -0.05) is 37.3 Å². The van der Waals surface area contributed by atoms with Gasteiger partial charge in [0.1, 0.15) is 12.4 Å². The van der Waals surface area contributed by atoms with E-state index in [-0.39, 0.29) is 6.04 Å². The molecule has 1 aromatic heterocycles. The smallest absolute Gasteiger partial charge is 0.137 e. The molecule has 0 aliphatic heterocycles. The number of hydrogen-bond acceptors (Lipinski definition) is 3. The van der Waals surface area contributed by atoms with E-state index in [4.69, 9.17) is 10.5 Å². The molecule has 2 N–H and O–H groups in total. The van der Waals surface area contributed by atoms with E-state index in [2.05, 4.69) is 24.0 Å². The minimum absolute atomic E-state index is 0.00678. The Hall–Kier alpha value is -1.87. The van der Waals surface area contributed by atoms with Gasteiger partial charge in [-0.3, -0.25) is 4.98 Å². The van der Waals surface area contributed by atoms with Crippen molar-refractivity contribution < 1.29 is 4.74 Å². The van der Waals surface area contributed by atoms with Gasteiger partial charge in [-0.2, -0.15) is 0 Å². The van der Waals surface area contributed by atoms with Gasteiger partial charge < -0.3 is 10.5 Å². The predicted octanol–water partition coefficient (Wildman–Crippen LogP) is 2.59. The summed E-state index contributed by atoms with van der Waals surface area (Å²) >= 11 is 0. The molecule has 3 nitrogen and oxygen atoms in total. The summed E-state index contributed by atoms with van der Waals surface area (Å²) in [4.78, 5) is 4.15. The molecule has 0 aliphatic carbocycles. The molecule has 0 bridgehead atoms. The Morgan fingerprint density at radius 3 is 2.68 bits per heavy atom. The molecule has 0 amide bonds. The molecule has 1 atom stereocenters. The van der Waals surface area contributed by atoms with E-state index in [1.54, 1.807) is 6.20 Å². The summed E-state index contributed by atoms with van der Waals surface area (Å²) in [5.41, 5.74) is 8.49. The lowest BCUT2D eigenvalue weighted by atomic mass is 10.1. The van der Waals surface area contributed by atoms with Crippen molar-refractivity contribution in [2.24, 2.45) is 5.73 Å². The maximum absolute atomic E-state index is 6.08. The molecule has 1 heterocycles. The maximum Gasteiger partial charge on any atom is 0.137 e. The molecule has 0 radical (unpaired) electrons. The van der Waals surface area contributed by atoms with Crippen LogP contribution in [0.2, 0.25) is 0 Å². The van der Waals surface area contributed by atoms with Crippen molar-refractivity contribution in [2.75, 3.05) is 6.61 Å². The van der Waals surface area contributed by atoms with Gasteiger partial charge in [0, 0.05) is 12.2 Å². The number of rotatable bonds is 6. The molecule has 0 saturated carbocycles. The zero-order valence-electron chi connectivity index (χ0n) is 11.3. The highest BCUT2D eigenvalue weighted by Crippen LogP contribution is 2.12. The van der Waals surface area contributed by atoms with Crippen LogP contribution in [-0.4, -0.2) is 17.6 Å². The van der Waals surface area contributed by atoms with E-state index in [1.165, 1.54) is 11.1 Å². The van der Waals surface area contributed by atoms with Gasteiger partial charge in [0.2, 0.25) is 0 Å². The van der Waals surface area contributed by atoms with Crippen LogP contribution in [0.5, 0.6) is 5.75 Å². The molecule has 19 heavy (non-hydrogen) atoms. The summed E-state index contributed by atoms with van der Waals surface area (Å²) in [7, 11) is 0. The summed E-state index contributed by atoms with van der Waals surface area (Å²) in [6, 6.07) is 12.2. The van der Waals surface area contributed by atoms with E-state index in [9.17, 15) is 0 Å².